The Morgan fingerprint density at radius 1 is 1.22 bits per heavy atom. The van der Waals surface area contributed by atoms with Gasteiger partial charge in [0, 0.05) is 14.8 Å². The highest BCUT2D eigenvalue weighted by molar-refractivity contribution is 7.12. The van der Waals surface area contributed by atoms with E-state index >= 15 is 0 Å². The van der Waals surface area contributed by atoms with Gasteiger partial charge in [0.15, 0.2) is 0 Å². The molecule has 0 aliphatic rings. The number of halogens is 1. The number of hydrogen-bond acceptors (Lipinski definition) is 2. The predicted octanol–water partition coefficient (Wildman–Crippen LogP) is 4.72. The molecule has 0 saturated heterocycles. The first kappa shape index (κ1) is 13.6. The van der Waals surface area contributed by atoms with E-state index in [0.29, 0.717) is 0 Å². The highest BCUT2D eigenvalue weighted by Crippen LogP contribution is 2.33. The molecule has 18 heavy (non-hydrogen) atoms. The molecule has 3 heteroatoms. The Bertz CT molecular complexity index is 533. The summed E-state index contributed by atoms with van der Waals surface area (Å²) in [6.45, 7) is 7.23. The van der Waals surface area contributed by atoms with Crippen molar-refractivity contribution in [2.75, 3.05) is 6.54 Å². The van der Waals surface area contributed by atoms with Gasteiger partial charge in [-0.3, -0.25) is 0 Å². The second kappa shape index (κ2) is 5.87. The van der Waals surface area contributed by atoms with E-state index in [1.807, 2.05) is 11.3 Å². The van der Waals surface area contributed by atoms with Gasteiger partial charge in [-0.1, -0.05) is 36.7 Å². The van der Waals surface area contributed by atoms with E-state index in [1.165, 1.54) is 15.3 Å². The molecule has 1 heterocycles. The van der Waals surface area contributed by atoms with Gasteiger partial charge in [0.1, 0.15) is 0 Å². The third kappa shape index (κ3) is 2.77. The first-order chi connectivity index (χ1) is 8.63. The Morgan fingerprint density at radius 2 is 2.00 bits per heavy atom. The largest absolute Gasteiger partial charge is 0.306 e. The quantitative estimate of drug-likeness (QED) is 0.854. The lowest BCUT2D eigenvalue weighted by molar-refractivity contribution is 0.639. The van der Waals surface area contributed by atoms with Crippen molar-refractivity contribution in [1.29, 1.82) is 0 Å². The smallest absolute Gasteiger partial charge is 0.0685 e. The fourth-order valence-electron chi connectivity index (χ4n) is 2.07. The SMILES string of the molecule is CCNC(c1ccc(C)s1)c1cccc(C)c1Cl. The molecule has 0 spiro atoms. The first-order valence-corrected chi connectivity index (χ1v) is 7.37. The van der Waals surface area contributed by atoms with Gasteiger partial charge in [0.2, 0.25) is 0 Å². The summed E-state index contributed by atoms with van der Waals surface area (Å²) in [6.07, 6.45) is 0. The molecule has 0 aliphatic heterocycles. The van der Waals surface area contributed by atoms with Crippen molar-refractivity contribution in [1.82, 2.24) is 5.32 Å². The monoisotopic (exact) mass is 279 g/mol. The summed E-state index contributed by atoms with van der Waals surface area (Å²) in [5.41, 5.74) is 2.30. The van der Waals surface area contributed by atoms with Crippen LogP contribution in [0.4, 0.5) is 0 Å². The molecule has 96 valence electrons. The highest BCUT2D eigenvalue weighted by atomic mass is 35.5. The van der Waals surface area contributed by atoms with E-state index in [2.05, 4.69) is 56.4 Å². The Balaban J connectivity index is 2.44. The van der Waals surface area contributed by atoms with Gasteiger partial charge in [-0.2, -0.15) is 0 Å². The van der Waals surface area contributed by atoms with Crippen LogP contribution in [0.1, 0.15) is 33.8 Å². The molecule has 1 N–H and O–H groups in total. The third-order valence-electron chi connectivity index (χ3n) is 2.99. The van der Waals surface area contributed by atoms with Crippen molar-refractivity contribution >= 4 is 22.9 Å². The van der Waals surface area contributed by atoms with Crippen molar-refractivity contribution in [3.8, 4) is 0 Å². The molecule has 1 atom stereocenters. The summed E-state index contributed by atoms with van der Waals surface area (Å²) in [6, 6.07) is 10.8. The van der Waals surface area contributed by atoms with Gasteiger partial charge < -0.3 is 5.32 Å². The van der Waals surface area contributed by atoms with Gasteiger partial charge in [-0.15, -0.1) is 11.3 Å². The van der Waals surface area contributed by atoms with Crippen LogP contribution in [-0.4, -0.2) is 6.54 Å². The lowest BCUT2D eigenvalue weighted by Gasteiger charge is -2.19. The van der Waals surface area contributed by atoms with Crippen LogP contribution in [0.3, 0.4) is 0 Å². The van der Waals surface area contributed by atoms with Crippen molar-refractivity contribution in [2.45, 2.75) is 26.8 Å². The molecule has 0 aliphatic carbocycles. The van der Waals surface area contributed by atoms with Crippen LogP contribution >= 0.6 is 22.9 Å². The van der Waals surface area contributed by atoms with Crippen LogP contribution in [0.15, 0.2) is 30.3 Å². The molecule has 0 saturated carbocycles. The fourth-order valence-corrected chi connectivity index (χ4v) is 3.28. The zero-order valence-corrected chi connectivity index (χ0v) is 12.5. The van der Waals surface area contributed by atoms with Crippen LogP contribution < -0.4 is 5.32 Å². The molecule has 0 fully saturated rings. The van der Waals surface area contributed by atoms with Crippen molar-refractivity contribution in [3.05, 3.63) is 56.2 Å². The molecule has 1 nitrogen and oxygen atoms in total. The average Bonchev–Trinajstić information content (AvgIpc) is 2.77. The average molecular weight is 280 g/mol. The van der Waals surface area contributed by atoms with Crippen LogP contribution in [0.5, 0.6) is 0 Å². The second-order valence-electron chi connectivity index (χ2n) is 4.42. The van der Waals surface area contributed by atoms with E-state index in [9.17, 15) is 0 Å². The molecule has 0 radical (unpaired) electrons. The lowest BCUT2D eigenvalue weighted by Crippen LogP contribution is -2.21. The Morgan fingerprint density at radius 3 is 2.61 bits per heavy atom. The number of nitrogens with one attached hydrogen (secondary N) is 1. The number of hydrogen-bond donors (Lipinski definition) is 1. The van der Waals surface area contributed by atoms with E-state index in [1.54, 1.807) is 0 Å². The molecule has 2 aromatic rings. The molecule has 1 aromatic heterocycles. The van der Waals surface area contributed by atoms with Crippen molar-refractivity contribution in [3.63, 3.8) is 0 Å². The highest BCUT2D eigenvalue weighted by Gasteiger charge is 2.18. The van der Waals surface area contributed by atoms with E-state index < -0.39 is 0 Å². The Labute approximate surface area is 118 Å². The first-order valence-electron chi connectivity index (χ1n) is 6.18. The van der Waals surface area contributed by atoms with E-state index in [-0.39, 0.29) is 6.04 Å². The maximum Gasteiger partial charge on any atom is 0.0685 e. The molecule has 0 amide bonds. The minimum Gasteiger partial charge on any atom is -0.306 e. The summed E-state index contributed by atoms with van der Waals surface area (Å²) >= 11 is 8.27. The second-order valence-corrected chi connectivity index (χ2v) is 6.11. The molecule has 1 unspecified atom stereocenters. The maximum atomic E-state index is 6.45. The normalized spacial score (nSPS) is 12.7. The topological polar surface area (TPSA) is 12.0 Å². The van der Waals surface area contributed by atoms with Gasteiger partial charge in [0.25, 0.3) is 0 Å². The van der Waals surface area contributed by atoms with Crippen LogP contribution in [0, 0.1) is 13.8 Å². The van der Waals surface area contributed by atoms with Crippen LogP contribution in [0.25, 0.3) is 0 Å². The molecular formula is C15H18ClNS. The zero-order chi connectivity index (χ0) is 13.1. The molecule has 0 bridgehead atoms. The summed E-state index contributed by atoms with van der Waals surface area (Å²) in [7, 11) is 0. The summed E-state index contributed by atoms with van der Waals surface area (Å²) in [5, 5.41) is 4.39. The van der Waals surface area contributed by atoms with E-state index in [0.717, 1.165) is 17.1 Å². The summed E-state index contributed by atoms with van der Waals surface area (Å²) < 4.78 is 0. The standard InChI is InChI=1S/C15H18ClNS/c1-4-17-15(13-9-8-11(3)18-13)12-7-5-6-10(2)14(12)16/h5-9,15,17H,4H2,1-3H3. The van der Waals surface area contributed by atoms with Crippen LogP contribution in [-0.2, 0) is 0 Å². The predicted molar refractivity (Wildman–Crippen MR) is 80.8 cm³/mol. The van der Waals surface area contributed by atoms with E-state index in [4.69, 9.17) is 11.6 Å². The van der Waals surface area contributed by atoms with Gasteiger partial charge in [0.05, 0.1) is 6.04 Å². The zero-order valence-electron chi connectivity index (χ0n) is 11.0. The number of rotatable bonds is 4. The maximum absolute atomic E-state index is 6.45. The van der Waals surface area contributed by atoms with Gasteiger partial charge in [-0.25, -0.2) is 0 Å². The van der Waals surface area contributed by atoms with Crippen molar-refractivity contribution < 1.29 is 0 Å². The number of aryl methyl sites for hydroxylation is 2. The lowest BCUT2D eigenvalue weighted by atomic mass is 10.0. The number of thiophene rings is 1. The summed E-state index contributed by atoms with van der Waals surface area (Å²) in [4.78, 5) is 2.65. The molecule has 2 rings (SSSR count). The minimum absolute atomic E-state index is 0.195. The van der Waals surface area contributed by atoms with Crippen molar-refractivity contribution in [2.24, 2.45) is 0 Å². The fraction of sp³-hybridized carbons (Fsp3) is 0.333. The minimum atomic E-state index is 0.195. The van der Waals surface area contributed by atoms with Gasteiger partial charge in [-0.05, 0) is 43.7 Å². The molecule has 1 aromatic carbocycles. The Hall–Kier alpha value is -0.830. The molecular weight excluding hydrogens is 262 g/mol. The Kier molecular flexibility index (Phi) is 4.44. The third-order valence-corrected chi connectivity index (χ3v) is 4.57. The number of benzene rings is 1. The van der Waals surface area contributed by atoms with Crippen LogP contribution in [0.2, 0.25) is 5.02 Å². The van der Waals surface area contributed by atoms with Gasteiger partial charge >= 0.3 is 0 Å². The summed E-state index contributed by atoms with van der Waals surface area (Å²) in [5.74, 6) is 0.